The topological polar surface area (TPSA) is 20.7 Å². The molecule has 0 atom stereocenters. The number of thiol groups is 1. The molecule has 144 valence electrons. The van der Waals surface area contributed by atoms with E-state index in [1.807, 2.05) is 0 Å². The number of H-pyrrole nitrogens is 1. The molecule has 0 aliphatic heterocycles. The molecule has 0 radical (unpaired) electrons. The summed E-state index contributed by atoms with van der Waals surface area (Å²) in [6.07, 6.45) is 8.49. The van der Waals surface area contributed by atoms with Crippen LogP contribution in [0.25, 0.3) is 49.9 Å². The Balaban J connectivity index is 0.000000882. The summed E-state index contributed by atoms with van der Waals surface area (Å²) in [6, 6.07) is 22.3. The fourth-order valence-electron chi connectivity index (χ4n) is 4.61. The lowest BCUT2D eigenvalue weighted by Crippen LogP contribution is -1.90. The van der Waals surface area contributed by atoms with Gasteiger partial charge >= 0.3 is 0 Å². The van der Waals surface area contributed by atoms with Crippen LogP contribution in [0, 0.1) is 0 Å². The van der Waals surface area contributed by atoms with Crippen molar-refractivity contribution in [3.63, 3.8) is 0 Å². The number of allylic oxidation sites excluding steroid dienone is 1. The highest BCUT2D eigenvalue weighted by molar-refractivity contribution is 7.79. The summed E-state index contributed by atoms with van der Waals surface area (Å²) in [4.78, 5) is 3.60. The summed E-state index contributed by atoms with van der Waals surface area (Å²) in [5, 5.41) is 3.97. The first-order chi connectivity index (χ1) is 14.3. The van der Waals surface area contributed by atoms with E-state index in [4.69, 9.17) is 0 Å². The van der Waals surface area contributed by atoms with Crippen molar-refractivity contribution in [3.8, 4) is 11.1 Å². The summed E-state index contributed by atoms with van der Waals surface area (Å²) < 4.78 is 2.28. The van der Waals surface area contributed by atoms with Gasteiger partial charge in [-0.1, -0.05) is 42.5 Å². The number of nitrogens with one attached hydrogen (secondary N) is 1. The van der Waals surface area contributed by atoms with E-state index in [0.29, 0.717) is 0 Å². The SMILES string of the molecule is CS.Cn1c2ccccc2c2cc(-c3ccc4[nH]c5c(c4c3)C=CCC5)ccc21. The molecular weight excluding hydrogens is 372 g/mol. The third-order valence-corrected chi connectivity index (χ3v) is 6.01. The molecule has 2 nitrogen and oxygen atoms in total. The molecule has 0 bridgehead atoms. The van der Waals surface area contributed by atoms with E-state index in [9.17, 15) is 0 Å². The Bertz CT molecular complexity index is 1380. The smallest absolute Gasteiger partial charge is 0.0489 e. The number of aryl methyl sites for hydroxylation is 2. The van der Waals surface area contributed by atoms with E-state index in [2.05, 4.69) is 102 Å². The van der Waals surface area contributed by atoms with Crippen molar-refractivity contribution in [1.82, 2.24) is 9.55 Å². The largest absolute Gasteiger partial charge is 0.358 e. The highest BCUT2D eigenvalue weighted by Gasteiger charge is 2.13. The monoisotopic (exact) mass is 396 g/mol. The number of rotatable bonds is 1. The van der Waals surface area contributed by atoms with Crippen molar-refractivity contribution in [2.75, 3.05) is 6.26 Å². The van der Waals surface area contributed by atoms with Gasteiger partial charge in [0.15, 0.2) is 0 Å². The number of hydrogen-bond acceptors (Lipinski definition) is 1. The molecule has 0 amide bonds. The number of aromatic amines is 1. The van der Waals surface area contributed by atoms with Gasteiger partial charge in [0.2, 0.25) is 0 Å². The number of hydrogen-bond donors (Lipinski definition) is 2. The standard InChI is InChI=1S/C25H20N2.CH4S/c1-27-24-9-5-3-7-19(24)21-15-17(11-13-25(21)27)16-10-12-23-20(14-16)18-6-2-4-8-22(18)26-23;1-2/h2-3,5-7,9-15,26H,4,8H2,1H3;2H,1H3. The molecule has 1 aliphatic carbocycles. The fourth-order valence-corrected chi connectivity index (χ4v) is 4.61. The number of aromatic nitrogens is 2. The molecule has 3 heteroatoms. The Morgan fingerprint density at radius 2 is 1.55 bits per heavy atom. The lowest BCUT2D eigenvalue weighted by molar-refractivity contribution is 0.951. The van der Waals surface area contributed by atoms with Gasteiger partial charge in [0, 0.05) is 51.0 Å². The average Bonchev–Trinajstić information content (AvgIpc) is 3.30. The Morgan fingerprint density at radius 3 is 2.41 bits per heavy atom. The van der Waals surface area contributed by atoms with Gasteiger partial charge < -0.3 is 9.55 Å². The normalized spacial score (nSPS) is 12.9. The van der Waals surface area contributed by atoms with Crippen molar-refractivity contribution < 1.29 is 0 Å². The van der Waals surface area contributed by atoms with Crippen LogP contribution in [-0.4, -0.2) is 15.8 Å². The lowest BCUT2D eigenvalue weighted by Gasteiger charge is -2.06. The fraction of sp³-hybridized carbons (Fsp3) is 0.154. The first-order valence-corrected chi connectivity index (χ1v) is 10.9. The van der Waals surface area contributed by atoms with Gasteiger partial charge in [-0.15, -0.1) is 0 Å². The summed E-state index contributed by atoms with van der Waals surface area (Å²) in [7, 11) is 2.15. The molecule has 0 saturated heterocycles. The summed E-state index contributed by atoms with van der Waals surface area (Å²) >= 11 is 3.53. The Hall–Kier alpha value is -2.91. The second kappa shape index (κ2) is 7.16. The van der Waals surface area contributed by atoms with Crippen LogP contribution >= 0.6 is 12.6 Å². The van der Waals surface area contributed by atoms with E-state index in [1.165, 1.54) is 55.1 Å². The Labute approximate surface area is 176 Å². The zero-order chi connectivity index (χ0) is 20.0. The average molecular weight is 397 g/mol. The highest BCUT2D eigenvalue weighted by Crippen LogP contribution is 2.35. The van der Waals surface area contributed by atoms with Crippen molar-refractivity contribution in [2.45, 2.75) is 12.8 Å². The van der Waals surface area contributed by atoms with Crippen LogP contribution in [0.15, 0.2) is 66.7 Å². The van der Waals surface area contributed by atoms with Crippen molar-refractivity contribution in [1.29, 1.82) is 0 Å². The third kappa shape index (κ3) is 2.80. The predicted molar refractivity (Wildman–Crippen MR) is 130 cm³/mol. The molecule has 0 fully saturated rings. The zero-order valence-corrected chi connectivity index (χ0v) is 17.6. The quantitative estimate of drug-likeness (QED) is 0.285. The van der Waals surface area contributed by atoms with Crippen molar-refractivity contribution in [2.24, 2.45) is 7.05 Å². The number of fused-ring (bicyclic) bond motifs is 6. The summed E-state index contributed by atoms with van der Waals surface area (Å²) in [5.41, 5.74) is 9.08. The number of para-hydroxylation sites is 1. The van der Waals surface area contributed by atoms with Gasteiger partial charge in [0.05, 0.1) is 0 Å². The van der Waals surface area contributed by atoms with Crippen LogP contribution in [0.3, 0.4) is 0 Å². The minimum atomic E-state index is 1.11. The molecule has 1 aliphatic rings. The first kappa shape index (κ1) is 18.1. The van der Waals surface area contributed by atoms with E-state index < -0.39 is 0 Å². The zero-order valence-electron chi connectivity index (χ0n) is 16.7. The van der Waals surface area contributed by atoms with Crippen LogP contribution in [0.2, 0.25) is 0 Å². The van der Waals surface area contributed by atoms with Crippen molar-refractivity contribution in [3.05, 3.63) is 78.0 Å². The van der Waals surface area contributed by atoms with E-state index >= 15 is 0 Å². The molecule has 2 heterocycles. The van der Waals surface area contributed by atoms with Crippen LogP contribution in [-0.2, 0) is 13.5 Å². The molecule has 0 spiro atoms. The molecule has 3 aromatic carbocycles. The van der Waals surface area contributed by atoms with Crippen LogP contribution in [0.1, 0.15) is 17.7 Å². The van der Waals surface area contributed by atoms with Gasteiger partial charge in [-0.05, 0) is 60.6 Å². The lowest BCUT2D eigenvalue weighted by atomic mass is 9.98. The molecule has 1 N–H and O–H groups in total. The molecule has 0 unspecified atom stereocenters. The maximum absolute atomic E-state index is 3.60. The van der Waals surface area contributed by atoms with Crippen LogP contribution < -0.4 is 0 Å². The number of nitrogens with zero attached hydrogens (tertiary/aromatic N) is 1. The molecule has 29 heavy (non-hydrogen) atoms. The minimum absolute atomic E-state index is 1.11. The number of benzene rings is 3. The molecule has 6 rings (SSSR count). The van der Waals surface area contributed by atoms with Gasteiger partial charge in [-0.2, -0.15) is 12.6 Å². The maximum Gasteiger partial charge on any atom is 0.0489 e. The predicted octanol–water partition coefficient (Wildman–Crippen LogP) is 6.99. The molecule has 5 aromatic rings. The Kier molecular flexibility index (Phi) is 4.48. The van der Waals surface area contributed by atoms with Gasteiger partial charge in [0.25, 0.3) is 0 Å². The highest BCUT2D eigenvalue weighted by atomic mass is 32.1. The van der Waals surface area contributed by atoms with Crippen LogP contribution in [0.4, 0.5) is 0 Å². The molecule has 0 saturated carbocycles. The molecular formula is C26H24N2S. The minimum Gasteiger partial charge on any atom is -0.358 e. The third-order valence-electron chi connectivity index (χ3n) is 6.01. The van der Waals surface area contributed by atoms with E-state index in [0.717, 1.165) is 12.8 Å². The second-order valence-corrected chi connectivity index (χ2v) is 7.53. The summed E-state index contributed by atoms with van der Waals surface area (Å²) in [6.45, 7) is 0. The van der Waals surface area contributed by atoms with Crippen LogP contribution in [0.5, 0.6) is 0 Å². The van der Waals surface area contributed by atoms with Gasteiger partial charge in [0.1, 0.15) is 0 Å². The maximum atomic E-state index is 3.60. The first-order valence-electron chi connectivity index (χ1n) is 10.0. The van der Waals surface area contributed by atoms with Gasteiger partial charge in [-0.25, -0.2) is 0 Å². The molecule has 2 aromatic heterocycles. The second-order valence-electron chi connectivity index (χ2n) is 7.53. The van der Waals surface area contributed by atoms with E-state index in [1.54, 1.807) is 6.26 Å². The van der Waals surface area contributed by atoms with Gasteiger partial charge in [-0.3, -0.25) is 0 Å². The summed E-state index contributed by atoms with van der Waals surface area (Å²) in [5.74, 6) is 0. The Morgan fingerprint density at radius 1 is 0.828 bits per heavy atom. The van der Waals surface area contributed by atoms with E-state index in [-0.39, 0.29) is 0 Å². The van der Waals surface area contributed by atoms with Crippen molar-refractivity contribution >= 4 is 51.4 Å².